The smallest absolute Gasteiger partial charge is 0.0593 e. The molecule has 0 unspecified atom stereocenters. The van der Waals surface area contributed by atoms with E-state index in [1.165, 1.54) is 18.4 Å². The molecule has 0 aromatic heterocycles. The van der Waals surface area contributed by atoms with E-state index in [-0.39, 0.29) is 0 Å². The molecule has 106 valence electrons. The summed E-state index contributed by atoms with van der Waals surface area (Å²) in [5.74, 6) is 0.617. The molecule has 19 heavy (non-hydrogen) atoms. The summed E-state index contributed by atoms with van der Waals surface area (Å²) in [6.07, 6.45) is 2.66. The van der Waals surface area contributed by atoms with Gasteiger partial charge >= 0.3 is 0 Å². The summed E-state index contributed by atoms with van der Waals surface area (Å²) in [6.45, 7) is 8.11. The van der Waals surface area contributed by atoms with Gasteiger partial charge in [-0.1, -0.05) is 26.0 Å². The fourth-order valence-electron chi connectivity index (χ4n) is 2.19. The Bertz CT molecular complexity index is 371. The highest BCUT2D eigenvalue weighted by Crippen LogP contribution is 2.28. The molecular weight excluding hydrogens is 236 g/mol. The standard InChI is InChI=1S/C16H26N2O/c1-13(2)12-19-10-9-18(16-7-8-16)11-14-3-5-15(17)6-4-14/h3-6,13,16H,7-12,17H2,1-2H3. The highest BCUT2D eigenvalue weighted by Gasteiger charge is 2.28. The van der Waals surface area contributed by atoms with Gasteiger partial charge in [0.2, 0.25) is 0 Å². The first-order chi connectivity index (χ1) is 9.15. The molecule has 0 aliphatic heterocycles. The van der Waals surface area contributed by atoms with E-state index in [0.717, 1.165) is 38.0 Å². The summed E-state index contributed by atoms with van der Waals surface area (Å²) in [7, 11) is 0. The zero-order valence-corrected chi connectivity index (χ0v) is 12.1. The third-order valence-corrected chi connectivity index (χ3v) is 3.40. The first kappa shape index (κ1) is 14.4. The van der Waals surface area contributed by atoms with Crippen LogP contribution in [0.15, 0.2) is 24.3 Å². The minimum absolute atomic E-state index is 0.617. The SMILES string of the molecule is CC(C)COCCN(Cc1ccc(N)cc1)C1CC1. The van der Waals surface area contributed by atoms with Crippen LogP contribution in [-0.2, 0) is 11.3 Å². The number of rotatable bonds is 8. The molecule has 1 aliphatic rings. The minimum Gasteiger partial charge on any atom is -0.399 e. The second-order valence-electron chi connectivity index (χ2n) is 5.91. The van der Waals surface area contributed by atoms with E-state index in [1.807, 2.05) is 12.1 Å². The Morgan fingerprint density at radius 1 is 1.26 bits per heavy atom. The lowest BCUT2D eigenvalue weighted by Crippen LogP contribution is -2.29. The van der Waals surface area contributed by atoms with Gasteiger partial charge in [-0.2, -0.15) is 0 Å². The van der Waals surface area contributed by atoms with Crippen LogP contribution in [0.1, 0.15) is 32.3 Å². The van der Waals surface area contributed by atoms with Crippen molar-refractivity contribution in [3.63, 3.8) is 0 Å². The van der Waals surface area contributed by atoms with E-state index in [4.69, 9.17) is 10.5 Å². The molecule has 0 atom stereocenters. The number of anilines is 1. The van der Waals surface area contributed by atoms with Crippen molar-refractivity contribution >= 4 is 5.69 Å². The largest absolute Gasteiger partial charge is 0.399 e. The number of nitrogens with zero attached hydrogens (tertiary/aromatic N) is 1. The number of hydrogen-bond donors (Lipinski definition) is 1. The summed E-state index contributed by atoms with van der Waals surface area (Å²) in [5.41, 5.74) is 7.90. The van der Waals surface area contributed by atoms with Crippen LogP contribution in [0.4, 0.5) is 5.69 Å². The predicted octanol–water partition coefficient (Wildman–Crippen LogP) is 2.91. The Morgan fingerprint density at radius 3 is 2.53 bits per heavy atom. The van der Waals surface area contributed by atoms with Crippen LogP contribution in [0.2, 0.25) is 0 Å². The molecule has 1 aromatic rings. The third-order valence-electron chi connectivity index (χ3n) is 3.40. The summed E-state index contributed by atoms with van der Waals surface area (Å²) in [5, 5.41) is 0. The van der Waals surface area contributed by atoms with E-state index in [0.29, 0.717) is 5.92 Å². The molecule has 0 amide bonds. The van der Waals surface area contributed by atoms with Crippen molar-refractivity contribution in [3.8, 4) is 0 Å². The molecule has 0 bridgehead atoms. The van der Waals surface area contributed by atoms with Gasteiger partial charge in [-0.05, 0) is 36.5 Å². The second-order valence-corrected chi connectivity index (χ2v) is 5.91. The highest BCUT2D eigenvalue weighted by molar-refractivity contribution is 5.39. The topological polar surface area (TPSA) is 38.5 Å². The molecule has 2 N–H and O–H groups in total. The van der Waals surface area contributed by atoms with Crippen molar-refractivity contribution in [1.82, 2.24) is 4.90 Å². The van der Waals surface area contributed by atoms with Crippen LogP contribution < -0.4 is 5.73 Å². The van der Waals surface area contributed by atoms with E-state index in [9.17, 15) is 0 Å². The van der Waals surface area contributed by atoms with Gasteiger partial charge in [-0.15, -0.1) is 0 Å². The Morgan fingerprint density at radius 2 is 1.95 bits per heavy atom. The average Bonchev–Trinajstić information content (AvgIpc) is 3.19. The molecule has 3 nitrogen and oxygen atoms in total. The van der Waals surface area contributed by atoms with Crippen molar-refractivity contribution in [2.45, 2.75) is 39.3 Å². The van der Waals surface area contributed by atoms with E-state index < -0.39 is 0 Å². The molecule has 2 rings (SSSR count). The van der Waals surface area contributed by atoms with E-state index >= 15 is 0 Å². The minimum atomic E-state index is 0.617. The maximum atomic E-state index is 5.72. The van der Waals surface area contributed by atoms with Crippen molar-refractivity contribution < 1.29 is 4.74 Å². The first-order valence-corrected chi connectivity index (χ1v) is 7.31. The maximum Gasteiger partial charge on any atom is 0.0593 e. The molecule has 0 spiro atoms. The van der Waals surface area contributed by atoms with Crippen LogP contribution >= 0.6 is 0 Å². The van der Waals surface area contributed by atoms with Crippen molar-refractivity contribution in [1.29, 1.82) is 0 Å². The highest BCUT2D eigenvalue weighted by atomic mass is 16.5. The van der Waals surface area contributed by atoms with Gasteiger partial charge in [0.05, 0.1) is 6.61 Å². The van der Waals surface area contributed by atoms with Gasteiger partial charge in [0.25, 0.3) is 0 Å². The summed E-state index contributed by atoms with van der Waals surface area (Å²) >= 11 is 0. The number of hydrogen-bond acceptors (Lipinski definition) is 3. The lowest BCUT2D eigenvalue weighted by Gasteiger charge is -2.22. The fraction of sp³-hybridized carbons (Fsp3) is 0.625. The number of nitrogens with two attached hydrogens (primary N) is 1. The molecule has 0 saturated heterocycles. The molecule has 1 aliphatic carbocycles. The van der Waals surface area contributed by atoms with Gasteiger partial charge in [-0.25, -0.2) is 0 Å². The molecular formula is C16H26N2O. The van der Waals surface area contributed by atoms with E-state index in [2.05, 4.69) is 30.9 Å². The maximum absolute atomic E-state index is 5.72. The second kappa shape index (κ2) is 6.92. The molecule has 1 saturated carbocycles. The molecule has 1 aromatic carbocycles. The molecule has 0 radical (unpaired) electrons. The van der Waals surface area contributed by atoms with Gasteiger partial charge in [0.1, 0.15) is 0 Å². The molecule has 1 fully saturated rings. The quantitative estimate of drug-likeness (QED) is 0.578. The monoisotopic (exact) mass is 262 g/mol. The van der Waals surface area contributed by atoms with Gasteiger partial charge in [-0.3, -0.25) is 4.90 Å². The third kappa shape index (κ3) is 5.21. The summed E-state index contributed by atoms with van der Waals surface area (Å²) in [6, 6.07) is 8.98. The Hall–Kier alpha value is -1.06. The molecule has 0 heterocycles. The first-order valence-electron chi connectivity index (χ1n) is 7.31. The van der Waals surface area contributed by atoms with Crippen LogP contribution in [0.3, 0.4) is 0 Å². The van der Waals surface area contributed by atoms with Crippen molar-refractivity contribution in [2.75, 3.05) is 25.5 Å². The number of benzene rings is 1. The van der Waals surface area contributed by atoms with Gasteiger partial charge in [0.15, 0.2) is 0 Å². The summed E-state index contributed by atoms with van der Waals surface area (Å²) in [4.78, 5) is 2.53. The average molecular weight is 262 g/mol. The van der Waals surface area contributed by atoms with Crippen LogP contribution in [0.25, 0.3) is 0 Å². The lowest BCUT2D eigenvalue weighted by molar-refractivity contribution is 0.0811. The number of ether oxygens (including phenoxy) is 1. The van der Waals surface area contributed by atoms with E-state index in [1.54, 1.807) is 0 Å². The van der Waals surface area contributed by atoms with Crippen LogP contribution in [0, 0.1) is 5.92 Å². The number of nitrogen functional groups attached to an aromatic ring is 1. The molecule has 3 heteroatoms. The zero-order valence-electron chi connectivity index (χ0n) is 12.1. The fourth-order valence-corrected chi connectivity index (χ4v) is 2.19. The lowest BCUT2D eigenvalue weighted by atomic mass is 10.2. The van der Waals surface area contributed by atoms with Gasteiger partial charge in [0, 0.05) is 31.4 Å². The Balaban J connectivity index is 1.78. The summed E-state index contributed by atoms with van der Waals surface area (Å²) < 4.78 is 5.70. The zero-order chi connectivity index (χ0) is 13.7. The normalized spacial score (nSPS) is 15.4. The van der Waals surface area contributed by atoms with Crippen LogP contribution in [-0.4, -0.2) is 30.7 Å². The Labute approximate surface area is 116 Å². The van der Waals surface area contributed by atoms with Crippen LogP contribution in [0.5, 0.6) is 0 Å². The Kier molecular flexibility index (Phi) is 5.23. The van der Waals surface area contributed by atoms with Crippen molar-refractivity contribution in [3.05, 3.63) is 29.8 Å². The predicted molar refractivity (Wildman–Crippen MR) is 79.9 cm³/mol. The van der Waals surface area contributed by atoms with Gasteiger partial charge < -0.3 is 10.5 Å². The van der Waals surface area contributed by atoms with Crippen molar-refractivity contribution in [2.24, 2.45) is 5.92 Å².